The number of fused-ring (bicyclic) bond motifs is 3. The lowest BCUT2D eigenvalue weighted by Crippen LogP contribution is -2.16. The van der Waals surface area contributed by atoms with Crippen LogP contribution in [0.25, 0.3) is 33.1 Å². The van der Waals surface area contributed by atoms with E-state index >= 15 is 0 Å². The highest BCUT2D eigenvalue weighted by molar-refractivity contribution is 6.21. The summed E-state index contributed by atoms with van der Waals surface area (Å²) in [6.45, 7) is 0. The van der Waals surface area contributed by atoms with Crippen LogP contribution in [0.2, 0.25) is 0 Å². The number of amidine groups is 2. The maximum absolute atomic E-state index is 6.27. The molecule has 5 rings (SSSR count). The van der Waals surface area contributed by atoms with Gasteiger partial charge in [0.25, 0.3) is 0 Å². The fourth-order valence-electron chi connectivity index (χ4n) is 3.84. The van der Waals surface area contributed by atoms with Gasteiger partial charge in [0.2, 0.25) is 0 Å². The molecule has 150 valence electrons. The second kappa shape index (κ2) is 7.92. The quantitative estimate of drug-likeness (QED) is 0.295. The zero-order chi connectivity index (χ0) is 21.2. The fourth-order valence-corrected chi connectivity index (χ4v) is 3.84. The highest BCUT2D eigenvalue weighted by atomic mass is 16.3. The summed E-state index contributed by atoms with van der Waals surface area (Å²) in [5.41, 5.74) is 11.9. The van der Waals surface area contributed by atoms with E-state index in [-0.39, 0.29) is 0 Å². The van der Waals surface area contributed by atoms with E-state index in [1.165, 1.54) is 0 Å². The number of nitrogens with zero attached hydrogens (tertiary/aromatic N) is 2. The van der Waals surface area contributed by atoms with Gasteiger partial charge in [-0.25, -0.2) is 4.99 Å². The Kier molecular flexibility index (Phi) is 4.81. The average molecular weight is 403 g/mol. The van der Waals surface area contributed by atoms with Crippen molar-refractivity contribution in [3.8, 4) is 11.1 Å². The molecular weight excluding hydrogens is 382 g/mol. The normalized spacial score (nSPS) is 12.5. The number of aliphatic imine (C=N–C) groups is 2. The molecule has 0 aliphatic carbocycles. The first-order valence-corrected chi connectivity index (χ1v) is 10.1. The molecule has 0 saturated heterocycles. The van der Waals surface area contributed by atoms with Gasteiger partial charge in [-0.2, -0.15) is 0 Å². The Balaban J connectivity index is 1.65. The molecule has 0 bridgehead atoms. The lowest BCUT2D eigenvalue weighted by molar-refractivity contribution is 0.669. The van der Waals surface area contributed by atoms with Crippen LogP contribution in [0.4, 0.5) is 0 Å². The van der Waals surface area contributed by atoms with E-state index in [0.717, 1.165) is 44.2 Å². The summed E-state index contributed by atoms with van der Waals surface area (Å²) in [7, 11) is 1.73. The van der Waals surface area contributed by atoms with Gasteiger partial charge in [0.15, 0.2) is 5.84 Å². The summed E-state index contributed by atoms with van der Waals surface area (Å²) in [5.74, 6) is 0.999. The first kappa shape index (κ1) is 18.8. The third kappa shape index (κ3) is 3.49. The standard InChI is InChI=1S/C27H21N3O/c1-29-27(30-26(28)19-11-6-3-7-12-19)22-13-8-14-23-25(22)21-16-15-20(17-24(21)31-23)18-9-4-2-5-10-18/h2-17H,1H3,(H2,28,29,30). The number of rotatable bonds is 3. The van der Waals surface area contributed by atoms with Crippen LogP contribution in [-0.4, -0.2) is 18.7 Å². The molecule has 4 aromatic carbocycles. The van der Waals surface area contributed by atoms with E-state index in [4.69, 9.17) is 10.2 Å². The Hall–Kier alpha value is -4.18. The third-order valence-electron chi connectivity index (χ3n) is 5.35. The molecule has 0 aliphatic rings. The van der Waals surface area contributed by atoms with Crippen molar-refractivity contribution < 1.29 is 4.42 Å². The van der Waals surface area contributed by atoms with Gasteiger partial charge in [-0.15, -0.1) is 0 Å². The second-order valence-corrected chi connectivity index (χ2v) is 7.27. The molecule has 4 heteroatoms. The van der Waals surface area contributed by atoms with Gasteiger partial charge in [-0.3, -0.25) is 4.99 Å². The van der Waals surface area contributed by atoms with E-state index in [2.05, 4.69) is 40.3 Å². The third-order valence-corrected chi connectivity index (χ3v) is 5.35. The molecule has 0 unspecified atom stereocenters. The summed E-state index contributed by atoms with van der Waals surface area (Å²) >= 11 is 0. The molecule has 0 atom stereocenters. The zero-order valence-corrected chi connectivity index (χ0v) is 17.1. The Morgan fingerprint density at radius 1 is 0.742 bits per heavy atom. The SMILES string of the molecule is CN=C(N=C(N)c1ccccc1)c1cccc2oc3cc(-c4ccccc4)ccc3c12. The molecule has 0 spiro atoms. The topological polar surface area (TPSA) is 63.9 Å². The van der Waals surface area contributed by atoms with Crippen LogP contribution in [-0.2, 0) is 0 Å². The van der Waals surface area contributed by atoms with Crippen LogP contribution in [0.1, 0.15) is 11.1 Å². The molecule has 5 aromatic rings. The molecule has 1 aromatic heterocycles. The van der Waals surface area contributed by atoms with Crippen LogP contribution in [0.15, 0.2) is 111 Å². The summed E-state index contributed by atoms with van der Waals surface area (Å²) in [5, 5.41) is 2.02. The van der Waals surface area contributed by atoms with Crippen LogP contribution < -0.4 is 5.73 Å². The van der Waals surface area contributed by atoms with Gasteiger partial charge in [0, 0.05) is 28.9 Å². The monoisotopic (exact) mass is 403 g/mol. The maximum Gasteiger partial charge on any atom is 0.157 e. The summed E-state index contributed by atoms with van der Waals surface area (Å²) in [6.07, 6.45) is 0. The van der Waals surface area contributed by atoms with Crippen LogP contribution in [0.3, 0.4) is 0 Å². The van der Waals surface area contributed by atoms with Crippen molar-refractivity contribution in [1.29, 1.82) is 0 Å². The number of furan rings is 1. The van der Waals surface area contributed by atoms with Gasteiger partial charge in [0.05, 0.1) is 0 Å². The molecule has 0 amide bonds. The molecule has 31 heavy (non-hydrogen) atoms. The van der Waals surface area contributed by atoms with Crippen molar-refractivity contribution in [2.24, 2.45) is 15.7 Å². The summed E-state index contributed by atoms with van der Waals surface area (Å²) in [6, 6.07) is 32.2. The molecule has 1 heterocycles. The van der Waals surface area contributed by atoms with Crippen LogP contribution in [0.5, 0.6) is 0 Å². The molecule has 4 nitrogen and oxygen atoms in total. The van der Waals surface area contributed by atoms with E-state index < -0.39 is 0 Å². The first-order valence-electron chi connectivity index (χ1n) is 10.1. The molecular formula is C27H21N3O. The van der Waals surface area contributed by atoms with Crippen molar-refractivity contribution in [2.75, 3.05) is 7.05 Å². The first-order chi connectivity index (χ1) is 15.2. The number of nitrogens with two attached hydrogens (primary N) is 1. The molecule has 0 fully saturated rings. The van der Waals surface area contributed by atoms with Gasteiger partial charge < -0.3 is 10.2 Å². The maximum atomic E-state index is 6.27. The smallest absolute Gasteiger partial charge is 0.157 e. The zero-order valence-electron chi connectivity index (χ0n) is 17.1. The van der Waals surface area contributed by atoms with E-state index in [1.54, 1.807) is 7.05 Å². The minimum atomic E-state index is 0.428. The summed E-state index contributed by atoms with van der Waals surface area (Å²) < 4.78 is 6.20. The highest BCUT2D eigenvalue weighted by Gasteiger charge is 2.15. The van der Waals surface area contributed by atoms with Crippen molar-refractivity contribution in [2.45, 2.75) is 0 Å². The van der Waals surface area contributed by atoms with Crippen molar-refractivity contribution in [1.82, 2.24) is 0 Å². The highest BCUT2D eigenvalue weighted by Crippen LogP contribution is 2.34. The Labute approximate surface area is 180 Å². The molecule has 0 radical (unpaired) electrons. The summed E-state index contributed by atoms with van der Waals surface area (Å²) in [4.78, 5) is 9.07. The van der Waals surface area contributed by atoms with E-state index in [0.29, 0.717) is 11.7 Å². The molecule has 0 saturated carbocycles. The van der Waals surface area contributed by atoms with Crippen LogP contribution >= 0.6 is 0 Å². The Morgan fingerprint density at radius 2 is 1.48 bits per heavy atom. The minimum Gasteiger partial charge on any atom is -0.456 e. The number of hydrogen-bond donors (Lipinski definition) is 1. The minimum absolute atomic E-state index is 0.428. The molecule has 0 aliphatic heterocycles. The lowest BCUT2D eigenvalue weighted by atomic mass is 10.0. The van der Waals surface area contributed by atoms with Crippen molar-refractivity contribution >= 4 is 33.6 Å². The predicted octanol–water partition coefficient (Wildman–Crippen LogP) is 6.03. The van der Waals surface area contributed by atoms with Crippen molar-refractivity contribution in [3.63, 3.8) is 0 Å². The average Bonchev–Trinajstić information content (AvgIpc) is 3.21. The van der Waals surface area contributed by atoms with Gasteiger partial charge >= 0.3 is 0 Å². The second-order valence-electron chi connectivity index (χ2n) is 7.27. The Bertz CT molecular complexity index is 1430. The molecule has 2 N–H and O–H groups in total. The van der Waals surface area contributed by atoms with Crippen molar-refractivity contribution in [3.05, 3.63) is 108 Å². The fraction of sp³-hybridized carbons (Fsp3) is 0.0370. The lowest BCUT2D eigenvalue weighted by Gasteiger charge is -2.06. The van der Waals surface area contributed by atoms with Gasteiger partial charge in [0.1, 0.15) is 17.0 Å². The number of hydrogen-bond acceptors (Lipinski definition) is 2. The van der Waals surface area contributed by atoms with Crippen LogP contribution in [0, 0.1) is 0 Å². The predicted molar refractivity (Wildman–Crippen MR) is 129 cm³/mol. The van der Waals surface area contributed by atoms with E-state index in [9.17, 15) is 0 Å². The van der Waals surface area contributed by atoms with Gasteiger partial charge in [-0.05, 0) is 29.3 Å². The van der Waals surface area contributed by atoms with E-state index in [1.807, 2.05) is 66.7 Å². The van der Waals surface area contributed by atoms with Gasteiger partial charge in [-0.1, -0.05) is 78.9 Å². The largest absolute Gasteiger partial charge is 0.456 e. The Morgan fingerprint density at radius 3 is 2.23 bits per heavy atom. The number of benzene rings is 4.